The monoisotopic (exact) mass is 303 g/mol. The zero-order valence-corrected chi connectivity index (χ0v) is 11.3. The fraction of sp³-hybridized carbons (Fsp3) is 0.417. The van der Waals surface area contributed by atoms with Crippen LogP contribution < -0.4 is 4.72 Å². The van der Waals surface area contributed by atoms with Crippen LogP contribution in [-0.2, 0) is 14.8 Å². The molecule has 0 saturated carbocycles. The molecule has 1 atom stereocenters. The van der Waals surface area contributed by atoms with Gasteiger partial charge >= 0.3 is 5.97 Å². The van der Waals surface area contributed by atoms with Gasteiger partial charge < -0.3 is 9.84 Å². The molecule has 1 aromatic carbocycles. The molecule has 1 fully saturated rings. The molecular weight excluding hydrogens is 289 g/mol. The molecule has 1 unspecified atom stereocenters. The van der Waals surface area contributed by atoms with Crippen LogP contribution >= 0.6 is 0 Å². The van der Waals surface area contributed by atoms with Crippen molar-refractivity contribution in [1.82, 2.24) is 0 Å². The molecule has 0 spiro atoms. The number of ether oxygens (including phenoxy) is 1. The molecule has 1 aliphatic heterocycles. The Hall–Kier alpha value is -1.67. The first-order chi connectivity index (χ1) is 9.37. The molecule has 0 bridgehead atoms. The summed E-state index contributed by atoms with van der Waals surface area (Å²) < 4.78 is 44.3. The lowest BCUT2D eigenvalue weighted by molar-refractivity contribution is 0.0697. The summed E-state index contributed by atoms with van der Waals surface area (Å²) in [4.78, 5) is 11.0. The van der Waals surface area contributed by atoms with Gasteiger partial charge in [-0.2, -0.15) is 0 Å². The first-order valence-corrected chi connectivity index (χ1v) is 7.67. The lowest BCUT2D eigenvalue weighted by Crippen LogP contribution is -2.26. The van der Waals surface area contributed by atoms with Crippen LogP contribution in [0.1, 0.15) is 23.2 Å². The van der Waals surface area contributed by atoms with E-state index in [-0.39, 0.29) is 17.5 Å². The Bertz CT molecular complexity index is 610. The number of carboxylic acids is 1. The minimum atomic E-state index is -3.75. The van der Waals surface area contributed by atoms with E-state index in [2.05, 4.69) is 4.72 Å². The molecule has 0 aromatic heterocycles. The fourth-order valence-electron chi connectivity index (χ4n) is 2.01. The summed E-state index contributed by atoms with van der Waals surface area (Å²) in [5.41, 5.74) is -0.585. The third kappa shape index (κ3) is 3.67. The summed E-state index contributed by atoms with van der Waals surface area (Å²) in [6.07, 6.45) is 1.06. The molecule has 1 heterocycles. The standard InChI is InChI=1S/C12H14FNO5S/c13-8-3-4-11(10(6-8)12(15)16)14-20(17,18)7-9-2-1-5-19-9/h3-4,6,9,14H,1-2,5,7H2,(H,15,16). The van der Waals surface area contributed by atoms with E-state index in [1.165, 1.54) is 0 Å². The van der Waals surface area contributed by atoms with E-state index in [1.807, 2.05) is 0 Å². The first-order valence-electron chi connectivity index (χ1n) is 6.02. The average Bonchev–Trinajstić information content (AvgIpc) is 2.82. The molecule has 0 amide bonds. The summed E-state index contributed by atoms with van der Waals surface area (Å²) >= 11 is 0. The maximum Gasteiger partial charge on any atom is 0.337 e. The van der Waals surface area contributed by atoms with Crippen LogP contribution in [0.25, 0.3) is 0 Å². The zero-order valence-electron chi connectivity index (χ0n) is 10.5. The highest BCUT2D eigenvalue weighted by atomic mass is 32.2. The van der Waals surface area contributed by atoms with E-state index in [9.17, 15) is 17.6 Å². The van der Waals surface area contributed by atoms with E-state index < -0.39 is 27.4 Å². The summed E-state index contributed by atoms with van der Waals surface area (Å²) in [6, 6.07) is 2.86. The van der Waals surface area contributed by atoms with Crippen molar-refractivity contribution in [3.05, 3.63) is 29.6 Å². The average molecular weight is 303 g/mol. The number of aromatic carboxylic acids is 1. The Balaban J connectivity index is 2.18. The van der Waals surface area contributed by atoms with Crippen LogP contribution in [0.5, 0.6) is 0 Å². The van der Waals surface area contributed by atoms with Gasteiger partial charge in [0.25, 0.3) is 0 Å². The van der Waals surface area contributed by atoms with Gasteiger partial charge in [-0.1, -0.05) is 0 Å². The summed E-state index contributed by atoms with van der Waals surface area (Å²) in [5, 5.41) is 8.94. The van der Waals surface area contributed by atoms with Crippen molar-refractivity contribution < 1.29 is 27.4 Å². The second-order valence-electron chi connectivity index (χ2n) is 4.51. The Labute approximate surface area is 115 Å². The molecule has 20 heavy (non-hydrogen) atoms. The lowest BCUT2D eigenvalue weighted by Gasteiger charge is -2.13. The number of nitrogens with one attached hydrogen (secondary N) is 1. The molecule has 0 aliphatic carbocycles. The molecule has 1 saturated heterocycles. The van der Waals surface area contributed by atoms with Gasteiger partial charge in [-0.25, -0.2) is 17.6 Å². The van der Waals surface area contributed by atoms with E-state index in [0.29, 0.717) is 13.0 Å². The van der Waals surface area contributed by atoms with E-state index >= 15 is 0 Å². The van der Waals surface area contributed by atoms with Crippen LogP contribution in [0.15, 0.2) is 18.2 Å². The number of carboxylic acid groups (broad SMARTS) is 1. The van der Waals surface area contributed by atoms with Gasteiger partial charge in [0.1, 0.15) is 5.82 Å². The van der Waals surface area contributed by atoms with Crippen LogP contribution in [-0.4, -0.2) is 38.0 Å². The lowest BCUT2D eigenvalue weighted by atomic mass is 10.2. The number of benzene rings is 1. The van der Waals surface area contributed by atoms with Crippen molar-refractivity contribution in [1.29, 1.82) is 0 Å². The number of rotatable bonds is 5. The number of carbonyl (C=O) groups is 1. The molecule has 2 rings (SSSR count). The Morgan fingerprint density at radius 1 is 1.50 bits per heavy atom. The van der Waals surface area contributed by atoms with Crippen LogP contribution in [0.4, 0.5) is 10.1 Å². The number of hydrogen-bond acceptors (Lipinski definition) is 4. The highest BCUT2D eigenvalue weighted by Crippen LogP contribution is 2.20. The topological polar surface area (TPSA) is 92.7 Å². The van der Waals surface area contributed by atoms with E-state index in [4.69, 9.17) is 9.84 Å². The van der Waals surface area contributed by atoms with Crippen molar-refractivity contribution in [2.45, 2.75) is 18.9 Å². The summed E-state index contributed by atoms with van der Waals surface area (Å²) in [6.45, 7) is 0.525. The first kappa shape index (κ1) is 14.7. The van der Waals surface area contributed by atoms with Gasteiger partial charge in [-0.15, -0.1) is 0 Å². The maximum absolute atomic E-state index is 13.0. The van der Waals surface area contributed by atoms with Crippen molar-refractivity contribution in [3.63, 3.8) is 0 Å². The third-order valence-corrected chi connectivity index (χ3v) is 4.25. The van der Waals surface area contributed by atoms with E-state index in [1.54, 1.807) is 0 Å². The SMILES string of the molecule is O=C(O)c1cc(F)ccc1NS(=O)(=O)CC1CCCO1. The predicted molar refractivity (Wildman–Crippen MR) is 69.7 cm³/mol. The number of hydrogen-bond donors (Lipinski definition) is 2. The van der Waals surface area contributed by atoms with Gasteiger partial charge in [0.15, 0.2) is 0 Å². The molecule has 0 radical (unpaired) electrons. The minimum absolute atomic E-state index is 0.156. The zero-order chi connectivity index (χ0) is 14.8. The molecule has 1 aliphatic rings. The second-order valence-corrected chi connectivity index (χ2v) is 6.28. The van der Waals surface area contributed by atoms with Crippen molar-refractivity contribution >= 4 is 21.7 Å². The minimum Gasteiger partial charge on any atom is -0.478 e. The van der Waals surface area contributed by atoms with Gasteiger partial charge in [-0.05, 0) is 31.0 Å². The van der Waals surface area contributed by atoms with Gasteiger partial charge in [-0.3, -0.25) is 4.72 Å². The van der Waals surface area contributed by atoms with Crippen LogP contribution in [0.3, 0.4) is 0 Å². The largest absolute Gasteiger partial charge is 0.478 e. The van der Waals surface area contributed by atoms with Crippen molar-refractivity contribution in [3.8, 4) is 0 Å². The predicted octanol–water partition coefficient (Wildman–Crippen LogP) is 1.44. The van der Waals surface area contributed by atoms with E-state index in [0.717, 1.165) is 24.6 Å². The number of sulfonamides is 1. The molecule has 8 heteroatoms. The summed E-state index contributed by atoms with van der Waals surface area (Å²) in [5.74, 6) is -2.40. The third-order valence-electron chi connectivity index (χ3n) is 2.91. The normalized spacial score (nSPS) is 18.9. The number of anilines is 1. The second kappa shape index (κ2) is 5.76. The molecule has 6 nitrogen and oxygen atoms in total. The quantitative estimate of drug-likeness (QED) is 0.858. The highest BCUT2D eigenvalue weighted by Gasteiger charge is 2.24. The van der Waals surface area contributed by atoms with Crippen molar-refractivity contribution in [2.24, 2.45) is 0 Å². The molecule has 1 aromatic rings. The Morgan fingerprint density at radius 2 is 2.25 bits per heavy atom. The van der Waals surface area contributed by atoms with Gasteiger partial charge in [0.2, 0.25) is 10.0 Å². The van der Waals surface area contributed by atoms with Crippen LogP contribution in [0, 0.1) is 5.82 Å². The Kier molecular flexibility index (Phi) is 4.24. The van der Waals surface area contributed by atoms with Gasteiger partial charge in [0, 0.05) is 6.61 Å². The van der Waals surface area contributed by atoms with Crippen molar-refractivity contribution in [2.75, 3.05) is 17.1 Å². The summed E-state index contributed by atoms with van der Waals surface area (Å²) in [7, 11) is -3.75. The number of halogens is 1. The van der Waals surface area contributed by atoms with Gasteiger partial charge in [0.05, 0.1) is 23.1 Å². The fourth-order valence-corrected chi connectivity index (χ4v) is 3.36. The molecule has 2 N–H and O–H groups in total. The maximum atomic E-state index is 13.0. The van der Waals surface area contributed by atoms with Crippen LogP contribution in [0.2, 0.25) is 0 Å². The molecule has 110 valence electrons. The Morgan fingerprint density at radius 3 is 2.85 bits per heavy atom. The smallest absolute Gasteiger partial charge is 0.337 e. The molecular formula is C12H14FNO5S. The highest BCUT2D eigenvalue weighted by molar-refractivity contribution is 7.92.